The van der Waals surface area contributed by atoms with Gasteiger partial charge in [0.2, 0.25) is 15.9 Å². The first-order valence-electron chi connectivity index (χ1n) is 9.39. The SMILES string of the molecule is CN(C)C1(CNC(=O)C2CCCN2S(=O)(=O)c2ccccc2)CCCC1. The molecule has 1 heterocycles. The number of nitrogens with zero attached hydrogens (tertiary/aromatic N) is 2. The van der Waals surface area contributed by atoms with Gasteiger partial charge in [0.05, 0.1) is 4.90 Å². The van der Waals surface area contributed by atoms with Crippen LogP contribution in [-0.4, -0.2) is 62.3 Å². The predicted molar refractivity (Wildman–Crippen MR) is 101 cm³/mol. The first-order chi connectivity index (χ1) is 12.4. The van der Waals surface area contributed by atoms with Gasteiger partial charge in [-0.1, -0.05) is 31.0 Å². The van der Waals surface area contributed by atoms with Crippen molar-refractivity contribution in [1.82, 2.24) is 14.5 Å². The zero-order chi connectivity index (χ0) is 18.8. The Bertz CT molecular complexity index is 728. The summed E-state index contributed by atoms with van der Waals surface area (Å²) in [7, 11) is 0.470. The van der Waals surface area contributed by atoms with Gasteiger partial charge in [0.25, 0.3) is 0 Å². The number of carbonyl (C=O) groups excluding carboxylic acids is 1. The van der Waals surface area contributed by atoms with Gasteiger partial charge in [-0.05, 0) is 51.9 Å². The van der Waals surface area contributed by atoms with E-state index in [0.29, 0.717) is 25.9 Å². The Morgan fingerprint density at radius 2 is 1.85 bits per heavy atom. The van der Waals surface area contributed by atoms with Crippen LogP contribution in [0.2, 0.25) is 0 Å². The van der Waals surface area contributed by atoms with E-state index in [1.807, 2.05) is 0 Å². The molecule has 1 saturated carbocycles. The summed E-state index contributed by atoms with van der Waals surface area (Å²) in [4.78, 5) is 15.3. The Balaban J connectivity index is 1.71. The van der Waals surface area contributed by atoms with Gasteiger partial charge in [0.1, 0.15) is 6.04 Å². The number of nitrogens with one attached hydrogen (secondary N) is 1. The quantitative estimate of drug-likeness (QED) is 0.819. The average Bonchev–Trinajstić information content (AvgIpc) is 3.31. The molecule has 1 atom stereocenters. The minimum absolute atomic E-state index is 0.00258. The summed E-state index contributed by atoms with van der Waals surface area (Å²) < 4.78 is 27.2. The summed E-state index contributed by atoms with van der Waals surface area (Å²) in [5.41, 5.74) is -0.00258. The van der Waals surface area contributed by atoms with Gasteiger partial charge in [-0.25, -0.2) is 8.42 Å². The van der Waals surface area contributed by atoms with Crippen LogP contribution >= 0.6 is 0 Å². The molecule has 2 aliphatic rings. The van der Waals surface area contributed by atoms with Crippen LogP contribution in [0, 0.1) is 0 Å². The molecule has 6 nitrogen and oxygen atoms in total. The summed E-state index contributed by atoms with van der Waals surface area (Å²) >= 11 is 0. The third-order valence-corrected chi connectivity index (χ3v) is 7.85. The van der Waals surface area contributed by atoms with Gasteiger partial charge in [-0.3, -0.25) is 4.79 Å². The van der Waals surface area contributed by atoms with Crippen molar-refractivity contribution in [2.75, 3.05) is 27.2 Å². The van der Waals surface area contributed by atoms with E-state index in [1.54, 1.807) is 30.3 Å². The Kier molecular flexibility index (Phi) is 5.69. The molecule has 26 heavy (non-hydrogen) atoms. The van der Waals surface area contributed by atoms with E-state index in [2.05, 4.69) is 24.3 Å². The average molecular weight is 380 g/mol. The molecule has 0 radical (unpaired) electrons. The van der Waals surface area contributed by atoms with Crippen molar-refractivity contribution in [3.63, 3.8) is 0 Å². The first kappa shape index (κ1) is 19.3. The minimum Gasteiger partial charge on any atom is -0.353 e. The topological polar surface area (TPSA) is 69.7 Å². The maximum atomic E-state index is 12.9. The fourth-order valence-electron chi connectivity index (χ4n) is 4.20. The number of amides is 1. The van der Waals surface area contributed by atoms with Crippen molar-refractivity contribution in [3.05, 3.63) is 30.3 Å². The summed E-state index contributed by atoms with van der Waals surface area (Å²) in [6.45, 7) is 0.975. The van der Waals surface area contributed by atoms with Gasteiger partial charge in [-0.2, -0.15) is 4.31 Å². The molecule has 0 spiro atoms. The second kappa shape index (κ2) is 7.66. The molecule has 7 heteroatoms. The van der Waals surface area contributed by atoms with E-state index in [-0.39, 0.29) is 16.3 Å². The van der Waals surface area contributed by atoms with Crippen molar-refractivity contribution in [1.29, 1.82) is 0 Å². The van der Waals surface area contributed by atoms with Gasteiger partial charge >= 0.3 is 0 Å². The van der Waals surface area contributed by atoms with E-state index in [1.165, 1.54) is 17.1 Å². The number of hydrogen-bond acceptors (Lipinski definition) is 4. The number of sulfonamides is 1. The third-order valence-electron chi connectivity index (χ3n) is 5.93. The Labute approximate surface area is 156 Å². The maximum Gasteiger partial charge on any atom is 0.243 e. The molecule has 1 aliphatic heterocycles. The molecule has 3 rings (SSSR count). The first-order valence-corrected chi connectivity index (χ1v) is 10.8. The molecule has 1 aliphatic carbocycles. The Hall–Kier alpha value is -1.44. The van der Waals surface area contributed by atoms with Crippen molar-refractivity contribution in [2.45, 2.75) is 55.0 Å². The number of benzene rings is 1. The monoisotopic (exact) mass is 379 g/mol. The highest BCUT2D eigenvalue weighted by Crippen LogP contribution is 2.33. The van der Waals surface area contributed by atoms with E-state index in [4.69, 9.17) is 0 Å². The minimum atomic E-state index is -3.64. The fourth-order valence-corrected chi connectivity index (χ4v) is 5.88. The number of rotatable bonds is 6. The van der Waals surface area contributed by atoms with Crippen molar-refractivity contribution in [3.8, 4) is 0 Å². The van der Waals surface area contributed by atoms with Crippen molar-refractivity contribution >= 4 is 15.9 Å². The highest BCUT2D eigenvalue weighted by molar-refractivity contribution is 7.89. The molecule has 0 aromatic heterocycles. The smallest absolute Gasteiger partial charge is 0.243 e. The van der Waals surface area contributed by atoms with Crippen LogP contribution < -0.4 is 5.32 Å². The third kappa shape index (κ3) is 3.66. The molecule has 1 saturated heterocycles. The van der Waals surface area contributed by atoms with Gasteiger partial charge in [0, 0.05) is 18.6 Å². The van der Waals surface area contributed by atoms with Gasteiger partial charge in [0.15, 0.2) is 0 Å². The van der Waals surface area contributed by atoms with Crippen LogP contribution in [0.15, 0.2) is 35.2 Å². The van der Waals surface area contributed by atoms with Crippen molar-refractivity contribution < 1.29 is 13.2 Å². The van der Waals surface area contributed by atoms with Gasteiger partial charge in [-0.15, -0.1) is 0 Å². The second-order valence-electron chi connectivity index (χ2n) is 7.63. The second-order valence-corrected chi connectivity index (χ2v) is 9.52. The number of carbonyl (C=O) groups is 1. The summed E-state index contributed by atoms with van der Waals surface area (Å²) in [6.07, 6.45) is 5.77. The number of likely N-dealkylation sites (N-methyl/N-ethyl adjacent to an activating group) is 1. The largest absolute Gasteiger partial charge is 0.353 e. The van der Waals surface area contributed by atoms with Crippen LogP contribution in [0.25, 0.3) is 0 Å². The lowest BCUT2D eigenvalue weighted by atomic mass is 9.96. The summed E-state index contributed by atoms with van der Waals surface area (Å²) in [5, 5.41) is 3.06. The van der Waals surface area contributed by atoms with E-state index >= 15 is 0 Å². The molecular weight excluding hydrogens is 350 g/mol. The Morgan fingerprint density at radius 1 is 1.19 bits per heavy atom. The molecule has 1 aromatic carbocycles. The van der Waals surface area contributed by atoms with E-state index < -0.39 is 16.1 Å². The molecule has 1 N–H and O–H groups in total. The van der Waals surface area contributed by atoms with Crippen LogP contribution in [-0.2, 0) is 14.8 Å². The lowest BCUT2D eigenvalue weighted by molar-refractivity contribution is -0.124. The lowest BCUT2D eigenvalue weighted by Crippen LogP contribution is -2.54. The van der Waals surface area contributed by atoms with Crippen LogP contribution in [0.5, 0.6) is 0 Å². The summed E-state index contributed by atoms with van der Waals surface area (Å²) in [5.74, 6) is -0.171. The summed E-state index contributed by atoms with van der Waals surface area (Å²) in [6, 6.07) is 7.76. The van der Waals surface area contributed by atoms with Gasteiger partial charge < -0.3 is 10.2 Å². The zero-order valence-corrected chi connectivity index (χ0v) is 16.5. The van der Waals surface area contributed by atoms with Crippen LogP contribution in [0.3, 0.4) is 0 Å². The highest BCUT2D eigenvalue weighted by Gasteiger charge is 2.41. The molecular formula is C19H29N3O3S. The van der Waals surface area contributed by atoms with Crippen molar-refractivity contribution in [2.24, 2.45) is 0 Å². The number of hydrogen-bond donors (Lipinski definition) is 1. The van der Waals surface area contributed by atoms with E-state index in [9.17, 15) is 13.2 Å². The fraction of sp³-hybridized carbons (Fsp3) is 0.632. The standard InChI is InChI=1S/C19H29N3O3S/c1-21(2)19(12-6-7-13-19)15-20-18(23)17-11-8-14-22(17)26(24,25)16-9-4-3-5-10-16/h3-5,9-10,17H,6-8,11-15H2,1-2H3,(H,20,23). The molecule has 2 fully saturated rings. The Morgan fingerprint density at radius 3 is 2.46 bits per heavy atom. The molecule has 144 valence electrons. The van der Waals surface area contributed by atoms with Crippen LogP contribution in [0.4, 0.5) is 0 Å². The maximum absolute atomic E-state index is 12.9. The predicted octanol–water partition coefficient (Wildman–Crippen LogP) is 1.83. The molecule has 1 unspecified atom stereocenters. The zero-order valence-electron chi connectivity index (χ0n) is 15.6. The normalized spacial score (nSPS) is 23.4. The molecule has 1 aromatic rings. The van der Waals surface area contributed by atoms with E-state index in [0.717, 1.165) is 12.8 Å². The van der Waals surface area contributed by atoms with Crippen LogP contribution in [0.1, 0.15) is 38.5 Å². The lowest BCUT2D eigenvalue weighted by Gasteiger charge is -2.37. The molecule has 1 amide bonds. The molecule has 0 bridgehead atoms. The highest BCUT2D eigenvalue weighted by atomic mass is 32.2.